The topological polar surface area (TPSA) is 102 Å². The lowest BCUT2D eigenvalue weighted by atomic mass is 9.80. The van der Waals surface area contributed by atoms with Gasteiger partial charge in [0.1, 0.15) is 6.54 Å². The van der Waals surface area contributed by atoms with Crippen LogP contribution in [-0.4, -0.2) is 39.9 Å². The van der Waals surface area contributed by atoms with Crippen LogP contribution >= 0.6 is 0 Å². The number of aliphatic hydroxyl groups excluding tert-OH is 1. The summed E-state index contributed by atoms with van der Waals surface area (Å²) in [7, 11) is 0. The molecule has 0 atom stereocenters. The zero-order chi connectivity index (χ0) is 21.4. The minimum atomic E-state index is -1.15. The van der Waals surface area contributed by atoms with Gasteiger partial charge in [-0.15, -0.1) is 12.8 Å². The fourth-order valence-electron chi connectivity index (χ4n) is 3.98. The molecule has 0 aromatic heterocycles. The van der Waals surface area contributed by atoms with Gasteiger partial charge in [-0.1, -0.05) is 37.5 Å². The molecule has 1 aliphatic heterocycles. The van der Waals surface area contributed by atoms with Gasteiger partial charge in [0.15, 0.2) is 11.5 Å². The molecule has 1 aromatic carbocycles. The van der Waals surface area contributed by atoms with Gasteiger partial charge in [0.25, 0.3) is 5.91 Å². The van der Waals surface area contributed by atoms with Gasteiger partial charge in [0.05, 0.1) is 6.54 Å². The van der Waals surface area contributed by atoms with Crippen LogP contribution in [0.2, 0.25) is 0 Å². The minimum Gasteiger partial charge on any atom is -0.505 e. The fraction of sp³-hybridized carbons (Fsp3) is 0.409. The number of hydrogen-bond acceptors (Lipinski definition) is 5. The van der Waals surface area contributed by atoms with Gasteiger partial charge in [0.2, 0.25) is 0 Å². The van der Waals surface area contributed by atoms with E-state index in [1.165, 1.54) is 29.8 Å². The molecular weight excluding hydrogens is 370 g/mol. The van der Waals surface area contributed by atoms with E-state index < -0.39 is 18.4 Å². The molecule has 1 heterocycles. The summed E-state index contributed by atoms with van der Waals surface area (Å²) in [4.78, 5) is 23.2. The SMILES string of the molecule is C#C.C/C=N\N1Cc2c(cccc2C2CCCCC2)C(O)=C1C(=O)NCC(=O)O. The highest BCUT2D eigenvalue weighted by molar-refractivity contribution is 6.01. The summed E-state index contributed by atoms with van der Waals surface area (Å²) in [6.07, 6.45) is 15.5. The number of aliphatic hydroxyl groups is 1. The van der Waals surface area contributed by atoms with Gasteiger partial charge in [0, 0.05) is 11.8 Å². The molecular formula is C22H27N3O4. The molecule has 2 aliphatic rings. The van der Waals surface area contributed by atoms with E-state index in [0.29, 0.717) is 18.0 Å². The zero-order valence-corrected chi connectivity index (χ0v) is 16.6. The number of carboxylic acids is 1. The quantitative estimate of drug-likeness (QED) is 0.523. The Kier molecular flexibility index (Phi) is 7.84. The largest absolute Gasteiger partial charge is 0.505 e. The van der Waals surface area contributed by atoms with Crippen molar-refractivity contribution in [1.29, 1.82) is 0 Å². The predicted octanol–water partition coefficient (Wildman–Crippen LogP) is 3.23. The van der Waals surface area contributed by atoms with Crippen molar-refractivity contribution in [3.8, 4) is 12.8 Å². The Hall–Kier alpha value is -3.27. The number of nitrogens with one attached hydrogen (secondary N) is 1. The van der Waals surface area contributed by atoms with Crippen LogP contribution in [0.1, 0.15) is 61.6 Å². The number of fused-ring (bicyclic) bond motifs is 1. The molecule has 29 heavy (non-hydrogen) atoms. The Morgan fingerprint density at radius 2 is 1.97 bits per heavy atom. The van der Waals surface area contributed by atoms with E-state index >= 15 is 0 Å². The van der Waals surface area contributed by atoms with Gasteiger partial charge in [-0.25, -0.2) is 0 Å². The molecule has 1 aliphatic carbocycles. The van der Waals surface area contributed by atoms with Crippen molar-refractivity contribution in [2.45, 2.75) is 51.5 Å². The van der Waals surface area contributed by atoms with Crippen LogP contribution in [0.25, 0.3) is 5.76 Å². The van der Waals surface area contributed by atoms with Crippen molar-refractivity contribution in [3.05, 3.63) is 40.6 Å². The molecule has 0 unspecified atom stereocenters. The van der Waals surface area contributed by atoms with E-state index in [9.17, 15) is 14.7 Å². The first-order valence-electron chi connectivity index (χ1n) is 9.67. The summed E-state index contributed by atoms with van der Waals surface area (Å²) >= 11 is 0. The highest BCUT2D eigenvalue weighted by Gasteiger charge is 2.32. The summed E-state index contributed by atoms with van der Waals surface area (Å²) in [5, 5.41) is 27.6. The number of hydrazone groups is 1. The van der Waals surface area contributed by atoms with E-state index in [4.69, 9.17) is 5.11 Å². The molecule has 0 radical (unpaired) electrons. The molecule has 7 heteroatoms. The average Bonchev–Trinajstić information content (AvgIpc) is 2.74. The first-order chi connectivity index (χ1) is 14.0. The van der Waals surface area contributed by atoms with Gasteiger partial charge in [-0.3, -0.25) is 14.6 Å². The van der Waals surface area contributed by atoms with Crippen molar-refractivity contribution in [2.24, 2.45) is 5.10 Å². The van der Waals surface area contributed by atoms with Crippen LogP contribution in [0.4, 0.5) is 0 Å². The van der Waals surface area contributed by atoms with Crippen molar-refractivity contribution in [2.75, 3.05) is 6.54 Å². The molecule has 1 amide bonds. The average molecular weight is 397 g/mol. The number of carbonyl (C=O) groups is 2. The summed E-state index contributed by atoms with van der Waals surface area (Å²) in [6, 6.07) is 5.81. The van der Waals surface area contributed by atoms with Crippen molar-refractivity contribution in [1.82, 2.24) is 10.3 Å². The molecule has 0 bridgehead atoms. The Bertz CT molecular complexity index is 836. The smallest absolute Gasteiger partial charge is 0.322 e. The second kappa shape index (κ2) is 10.3. The molecule has 0 spiro atoms. The highest BCUT2D eigenvalue weighted by Crippen LogP contribution is 2.39. The lowest BCUT2D eigenvalue weighted by Crippen LogP contribution is -2.38. The van der Waals surface area contributed by atoms with E-state index in [0.717, 1.165) is 18.4 Å². The maximum atomic E-state index is 12.5. The first-order valence-corrected chi connectivity index (χ1v) is 9.67. The number of hydrogen-bond donors (Lipinski definition) is 3. The minimum absolute atomic E-state index is 0.0253. The van der Waals surface area contributed by atoms with Crippen LogP contribution in [0.15, 0.2) is 29.0 Å². The Balaban J connectivity index is 0.00000145. The first kappa shape index (κ1) is 22.0. The molecule has 0 saturated heterocycles. The Morgan fingerprint density at radius 3 is 2.59 bits per heavy atom. The van der Waals surface area contributed by atoms with E-state index in [1.54, 1.807) is 19.2 Å². The summed E-state index contributed by atoms with van der Waals surface area (Å²) < 4.78 is 0. The van der Waals surface area contributed by atoms with Crippen LogP contribution in [-0.2, 0) is 16.1 Å². The van der Waals surface area contributed by atoms with Crippen molar-refractivity contribution < 1.29 is 19.8 Å². The number of amides is 1. The Labute approximate surface area is 171 Å². The normalized spacial score (nSPS) is 16.7. The molecule has 1 fully saturated rings. The molecule has 7 nitrogen and oxygen atoms in total. The maximum absolute atomic E-state index is 12.5. The monoisotopic (exact) mass is 397 g/mol. The van der Waals surface area contributed by atoms with E-state index in [-0.39, 0.29) is 11.5 Å². The van der Waals surface area contributed by atoms with E-state index in [1.807, 2.05) is 6.07 Å². The van der Waals surface area contributed by atoms with Crippen LogP contribution in [0, 0.1) is 12.8 Å². The summed E-state index contributed by atoms with van der Waals surface area (Å²) in [5.74, 6) is -1.52. The molecule has 3 rings (SSSR count). The number of rotatable bonds is 5. The molecule has 1 aromatic rings. The summed E-state index contributed by atoms with van der Waals surface area (Å²) in [6.45, 7) is 1.58. The molecule has 3 N–H and O–H groups in total. The van der Waals surface area contributed by atoms with E-state index in [2.05, 4.69) is 29.3 Å². The van der Waals surface area contributed by atoms with Gasteiger partial charge < -0.3 is 15.5 Å². The second-order valence-electron chi connectivity index (χ2n) is 6.91. The van der Waals surface area contributed by atoms with Crippen LogP contribution < -0.4 is 5.32 Å². The molecule has 1 saturated carbocycles. The maximum Gasteiger partial charge on any atom is 0.322 e. The van der Waals surface area contributed by atoms with Crippen molar-refractivity contribution >= 4 is 23.9 Å². The lowest BCUT2D eigenvalue weighted by molar-refractivity contribution is -0.137. The number of carboxylic acid groups (broad SMARTS) is 1. The van der Waals surface area contributed by atoms with Gasteiger partial charge >= 0.3 is 5.97 Å². The number of aliphatic carboxylic acids is 1. The fourth-order valence-corrected chi connectivity index (χ4v) is 3.98. The highest BCUT2D eigenvalue weighted by atomic mass is 16.4. The number of nitrogens with zero attached hydrogens (tertiary/aromatic N) is 2. The van der Waals surface area contributed by atoms with Gasteiger partial charge in [-0.2, -0.15) is 5.10 Å². The number of carbonyl (C=O) groups excluding carboxylic acids is 1. The Morgan fingerprint density at radius 1 is 1.28 bits per heavy atom. The summed E-state index contributed by atoms with van der Waals surface area (Å²) in [5.41, 5.74) is 2.80. The molecule has 154 valence electrons. The van der Waals surface area contributed by atoms with Crippen LogP contribution in [0.5, 0.6) is 0 Å². The van der Waals surface area contributed by atoms with Crippen LogP contribution in [0.3, 0.4) is 0 Å². The third-order valence-corrected chi connectivity index (χ3v) is 5.17. The third-order valence-electron chi connectivity index (χ3n) is 5.17. The van der Waals surface area contributed by atoms with Gasteiger partial charge in [-0.05, 0) is 36.8 Å². The standard InChI is InChI=1S/C20H25N3O4.C2H2/c1-2-22-23-12-16-14(13-7-4-3-5-8-13)9-6-10-15(16)19(26)18(23)20(27)21-11-17(24)25;1-2/h2,6,9-10,13,26H,3-5,7-8,11-12H2,1H3,(H,21,27)(H,24,25);1-2H/b22-2-;. The number of terminal acetylenes is 1. The zero-order valence-electron chi connectivity index (χ0n) is 16.6. The number of benzene rings is 1. The lowest BCUT2D eigenvalue weighted by Gasteiger charge is -2.32. The van der Waals surface area contributed by atoms with Crippen molar-refractivity contribution in [3.63, 3.8) is 0 Å². The third kappa shape index (κ3) is 4.96. The predicted molar refractivity (Wildman–Crippen MR) is 112 cm³/mol. The second-order valence-corrected chi connectivity index (χ2v) is 6.91.